The number of hydrogen-bond donors (Lipinski definition) is 2. The molecule has 0 atom stereocenters. The lowest BCUT2D eigenvalue weighted by Gasteiger charge is -2.20. The largest absolute Gasteiger partial charge is 0.507 e. The zero-order chi connectivity index (χ0) is 10.3. The molecule has 1 aromatic carbocycles. The van der Waals surface area contributed by atoms with Gasteiger partial charge in [-0.05, 0) is 25.5 Å². The van der Waals surface area contributed by atoms with Crippen LogP contribution in [0.5, 0.6) is 5.75 Å². The Bertz CT molecular complexity index is 415. The van der Waals surface area contributed by atoms with Crippen LogP contribution in [-0.4, -0.2) is 16.8 Å². The normalized spacial score (nSPS) is 14.9. The molecule has 2 N–H and O–H groups in total. The van der Waals surface area contributed by atoms with Gasteiger partial charge in [-0.2, -0.15) is 0 Å². The van der Waals surface area contributed by atoms with Gasteiger partial charge < -0.3 is 10.4 Å². The summed E-state index contributed by atoms with van der Waals surface area (Å²) >= 11 is 1.47. The van der Waals surface area contributed by atoms with Crippen LogP contribution in [0.3, 0.4) is 0 Å². The number of amides is 1. The van der Waals surface area contributed by atoms with E-state index in [0.29, 0.717) is 11.5 Å². The SMILES string of the molecule is Cc1cc2c(c(C)c1O)SCC(=O)N2. The van der Waals surface area contributed by atoms with E-state index < -0.39 is 0 Å². The quantitative estimate of drug-likeness (QED) is 0.643. The van der Waals surface area contributed by atoms with Crippen molar-refractivity contribution in [3.8, 4) is 5.75 Å². The molecule has 0 unspecified atom stereocenters. The van der Waals surface area contributed by atoms with Crippen LogP contribution >= 0.6 is 11.8 Å². The van der Waals surface area contributed by atoms with E-state index in [2.05, 4.69) is 5.32 Å². The minimum atomic E-state index is 0.0204. The van der Waals surface area contributed by atoms with E-state index in [1.54, 1.807) is 0 Å². The third-order valence-corrected chi connectivity index (χ3v) is 3.52. The molecular weight excluding hydrogens is 198 g/mol. The Hall–Kier alpha value is -1.16. The number of thioether (sulfide) groups is 1. The molecule has 1 aromatic rings. The Labute approximate surface area is 86.5 Å². The highest BCUT2D eigenvalue weighted by molar-refractivity contribution is 8.00. The van der Waals surface area contributed by atoms with E-state index >= 15 is 0 Å². The summed E-state index contributed by atoms with van der Waals surface area (Å²) in [6.07, 6.45) is 0. The predicted octanol–water partition coefficient (Wildman–Crippen LogP) is 2.05. The van der Waals surface area contributed by atoms with Crippen molar-refractivity contribution < 1.29 is 9.90 Å². The highest BCUT2D eigenvalue weighted by Gasteiger charge is 2.19. The van der Waals surface area contributed by atoms with Crippen LogP contribution in [0.2, 0.25) is 0 Å². The molecule has 74 valence electrons. The molecule has 0 aliphatic carbocycles. The third-order valence-electron chi connectivity index (χ3n) is 2.30. The second-order valence-electron chi connectivity index (χ2n) is 3.38. The van der Waals surface area contributed by atoms with Gasteiger partial charge in [0, 0.05) is 10.5 Å². The molecule has 14 heavy (non-hydrogen) atoms. The first kappa shape index (κ1) is 9.40. The smallest absolute Gasteiger partial charge is 0.234 e. The number of anilines is 1. The van der Waals surface area contributed by atoms with Crippen LogP contribution in [0.15, 0.2) is 11.0 Å². The number of carbonyl (C=O) groups excluding carboxylic acids is 1. The zero-order valence-corrected chi connectivity index (χ0v) is 8.86. The highest BCUT2D eigenvalue weighted by atomic mass is 32.2. The van der Waals surface area contributed by atoms with Crippen molar-refractivity contribution >= 4 is 23.4 Å². The maximum absolute atomic E-state index is 11.1. The molecule has 1 amide bonds. The van der Waals surface area contributed by atoms with Crippen LogP contribution in [0.1, 0.15) is 11.1 Å². The fourth-order valence-corrected chi connectivity index (χ4v) is 2.48. The third kappa shape index (κ3) is 1.35. The summed E-state index contributed by atoms with van der Waals surface area (Å²) in [5.74, 6) is 0.774. The molecule has 0 aromatic heterocycles. The van der Waals surface area contributed by atoms with Crippen molar-refractivity contribution in [3.05, 3.63) is 17.2 Å². The van der Waals surface area contributed by atoms with Crippen LogP contribution < -0.4 is 5.32 Å². The summed E-state index contributed by atoms with van der Waals surface area (Å²) in [5, 5.41) is 12.5. The van der Waals surface area contributed by atoms with Crippen LogP contribution in [-0.2, 0) is 4.79 Å². The Balaban J connectivity index is 2.59. The van der Waals surface area contributed by atoms with Crippen LogP contribution in [0.25, 0.3) is 0 Å². The van der Waals surface area contributed by atoms with E-state index in [1.165, 1.54) is 11.8 Å². The lowest BCUT2D eigenvalue weighted by Crippen LogP contribution is -2.19. The van der Waals surface area contributed by atoms with Crippen LogP contribution in [0, 0.1) is 13.8 Å². The summed E-state index contributed by atoms with van der Waals surface area (Å²) in [6, 6.07) is 1.81. The fraction of sp³-hybridized carbons (Fsp3) is 0.300. The number of fused-ring (bicyclic) bond motifs is 1. The number of nitrogens with one attached hydrogen (secondary N) is 1. The number of phenols is 1. The number of benzene rings is 1. The standard InChI is InChI=1S/C10H11NO2S/c1-5-3-7-10(6(2)9(5)13)14-4-8(12)11-7/h3,13H,4H2,1-2H3,(H,11,12). The number of phenolic OH excluding ortho intramolecular Hbond substituents is 1. The van der Waals surface area contributed by atoms with Crippen molar-refractivity contribution in [2.24, 2.45) is 0 Å². The van der Waals surface area contributed by atoms with Gasteiger partial charge in [-0.25, -0.2) is 0 Å². The Morgan fingerprint density at radius 3 is 2.93 bits per heavy atom. The molecule has 1 aliphatic heterocycles. The van der Waals surface area contributed by atoms with Gasteiger partial charge in [0.15, 0.2) is 0 Å². The minimum Gasteiger partial charge on any atom is -0.507 e. The van der Waals surface area contributed by atoms with E-state index in [-0.39, 0.29) is 5.91 Å². The number of hydrogen-bond acceptors (Lipinski definition) is 3. The topological polar surface area (TPSA) is 49.3 Å². The van der Waals surface area contributed by atoms with Gasteiger partial charge in [0.2, 0.25) is 5.91 Å². The van der Waals surface area contributed by atoms with Gasteiger partial charge in [0.1, 0.15) is 5.75 Å². The van der Waals surface area contributed by atoms with Gasteiger partial charge in [-0.3, -0.25) is 4.79 Å². The van der Waals surface area contributed by atoms with Gasteiger partial charge >= 0.3 is 0 Å². The first-order chi connectivity index (χ1) is 6.59. The molecule has 0 bridgehead atoms. The Morgan fingerprint density at radius 1 is 1.50 bits per heavy atom. The van der Waals surface area contributed by atoms with Crippen molar-refractivity contribution in [1.82, 2.24) is 0 Å². The zero-order valence-electron chi connectivity index (χ0n) is 8.05. The molecule has 0 saturated heterocycles. The van der Waals surface area contributed by atoms with Crippen molar-refractivity contribution in [2.75, 3.05) is 11.1 Å². The maximum Gasteiger partial charge on any atom is 0.234 e. The summed E-state index contributed by atoms with van der Waals surface area (Å²) in [7, 11) is 0. The molecule has 4 heteroatoms. The number of aromatic hydroxyl groups is 1. The second kappa shape index (κ2) is 3.20. The average Bonchev–Trinajstić information content (AvgIpc) is 2.14. The van der Waals surface area contributed by atoms with E-state index in [0.717, 1.165) is 21.7 Å². The lowest BCUT2D eigenvalue weighted by molar-refractivity contribution is -0.113. The van der Waals surface area contributed by atoms with Crippen molar-refractivity contribution in [2.45, 2.75) is 18.7 Å². The molecular formula is C10H11NO2S. The monoisotopic (exact) mass is 209 g/mol. The first-order valence-electron chi connectivity index (χ1n) is 4.35. The summed E-state index contributed by atoms with van der Waals surface area (Å²) < 4.78 is 0. The molecule has 1 aliphatic rings. The lowest BCUT2D eigenvalue weighted by atomic mass is 10.1. The molecule has 2 rings (SSSR count). The van der Waals surface area contributed by atoms with E-state index in [9.17, 15) is 9.90 Å². The number of aryl methyl sites for hydroxylation is 1. The maximum atomic E-state index is 11.1. The summed E-state index contributed by atoms with van der Waals surface area (Å²) in [4.78, 5) is 12.1. The highest BCUT2D eigenvalue weighted by Crippen LogP contribution is 2.40. The first-order valence-corrected chi connectivity index (χ1v) is 5.34. The molecule has 0 spiro atoms. The summed E-state index contributed by atoms with van der Waals surface area (Å²) in [5.41, 5.74) is 2.47. The average molecular weight is 209 g/mol. The van der Waals surface area contributed by atoms with Gasteiger partial charge in [0.05, 0.1) is 11.4 Å². The second-order valence-corrected chi connectivity index (χ2v) is 4.37. The Kier molecular flexibility index (Phi) is 2.15. The predicted molar refractivity (Wildman–Crippen MR) is 56.9 cm³/mol. The molecule has 0 fully saturated rings. The molecule has 0 saturated carbocycles. The molecule has 1 heterocycles. The summed E-state index contributed by atoms with van der Waals surface area (Å²) in [6.45, 7) is 3.69. The van der Waals surface area contributed by atoms with Gasteiger partial charge in [-0.1, -0.05) is 0 Å². The fourth-order valence-electron chi connectivity index (χ4n) is 1.56. The van der Waals surface area contributed by atoms with E-state index in [4.69, 9.17) is 0 Å². The van der Waals surface area contributed by atoms with Crippen molar-refractivity contribution in [1.29, 1.82) is 0 Å². The van der Waals surface area contributed by atoms with Gasteiger partial charge in [-0.15, -0.1) is 11.8 Å². The van der Waals surface area contributed by atoms with Crippen LogP contribution in [0.4, 0.5) is 5.69 Å². The Morgan fingerprint density at radius 2 is 2.21 bits per heavy atom. The molecule has 0 radical (unpaired) electrons. The molecule has 3 nitrogen and oxygen atoms in total. The van der Waals surface area contributed by atoms with Crippen molar-refractivity contribution in [3.63, 3.8) is 0 Å². The number of carbonyl (C=O) groups is 1. The minimum absolute atomic E-state index is 0.0204. The van der Waals surface area contributed by atoms with Gasteiger partial charge in [0.25, 0.3) is 0 Å². The number of rotatable bonds is 0. The van der Waals surface area contributed by atoms with E-state index in [1.807, 2.05) is 19.9 Å².